The summed E-state index contributed by atoms with van der Waals surface area (Å²) in [6, 6.07) is 11.3. The average Bonchev–Trinajstić information content (AvgIpc) is 3.34. The van der Waals surface area contributed by atoms with Crippen molar-refractivity contribution in [1.29, 1.82) is 0 Å². The van der Waals surface area contributed by atoms with Gasteiger partial charge in [0, 0.05) is 23.8 Å². The summed E-state index contributed by atoms with van der Waals surface area (Å²) in [5.41, 5.74) is 1.12. The minimum Gasteiger partial charge on any atom is -0.338 e. The van der Waals surface area contributed by atoms with E-state index >= 15 is 0 Å². The number of hydrogen-bond donors (Lipinski definition) is 0. The van der Waals surface area contributed by atoms with Gasteiger partial charge in [0.05, 0.1) is 18.4 Å². The molecule has 6 nitrogen and oxygen atoms in total. The molecule has 3 aromatic rings. The fourth-order valence-electron chi connectivity index (χ4n) is 4.66. The van der Waals surface area contributed by atoms with Crippen molar-refractivity contribution in [1.82, 2.24) is 24.5 Å². The molecule has 0 N–H and O–H groups in total. The third-order valence-corrected chi connectivity index (χ3v) is 5.75. The van der Waals surface area contributed by atoms with Crippen LogP contribution in [0.25, 0.3) is 10.9 Å². The molecule has 5 rings (SSSR count). The lowest BCUT2D eigenvalue weighted by atomic mass is 9.97. The van der Waals surface area contributed by atoms with Gasteiger partial charge in [-0.2, -0.15) is 15.0 Å². The van der Waals surface area contributed by atoms with Gasteiger partial charge in [-0.15, -0.1) is 0 Å². The Morgan fingerprint density at radius 2 is 1.72 bits per heavy atom. The number of aromatic nitrogens is 4. The topological polar surface area (TPSA) is 56.0 Å². The molecule has 2 atom stereocenters. The number of carbonyl (C=O) groups is 1. The van der Waals surface area contributed by atoms with Crippen LogP contribution in [0.4, 0.5) is 0 Å². The summed E-state index contributed by atoms with van der Waals surface area (Å²) in [4.78, 5) is 17.0. The fourth-order valence-corrected chi connectivity index (χ4v) is 4.66. The Bertz CT molecular complexity index is 886. The van der Waals surface area contributed by atoms with Gasteiger partial charge in [0.1, 0.15) is 6.54 Å². The van der Waals surface area contributed by atoms with Crippen LogP contribution < -0.4 is 0 Å². The maximum absolute atomic E-state index is 13.0. The number of amides is 1. The van der Waals surface area contributed by atoms with E-state index in [1.807, 2.05) is 23.1 Å². The zero-order valence-electron chi connectivity index (χ0n) is 14.0. The van der Waals surface area contributed by atoms with Gasteiger partial charge in [0.2, 0.25) is 5.91 Å². The number of fused-ring (bicyclic) bond motifs is 3. The van der Waals surface area contributed by atoms with Crippen LogP contribution in [0.5, 0.6) is 0 Å². The molecule has 1 amide bonds. The second kappa shape index (κ2) is 5.72. The highest BCUT2D eigenvalue weighted by Gasteiger charge is 2.44. The second-order valence-corrected chi connectivity index (χ2v) is 7.16. The fraction of sp³-hybridized carbons (Fsp3) is 0.421. The van der Waals surface area contributed by atoms with Crippen LogP contribution in [-0.2, 0) is 11.3 Å². The zero-order chi connectivity index (χ0) is 16.8. The van der Waals surface area contributed by atoms with E-state index in [4.69, 9.17) is 0 Å². The summed E-state index contributed by atoms with van der Waals surface area (Å²) in [6.07, 6.45) is 9.60. The van der Waals surface area contributed by atoms with Crippen LogP contribution in [0.1, 0.15) is 31.7 Å². The number of para-hydroxylation sites is 1. The lowest BCUT2D eigenvalue weighted by Crippen LogP contribution is -2.48. The van der Waals surface area contributed by atoms with Crippen molar-refractivity contribution in [2.75, 3.05) is 0 Å². The number of carbonyl (C=O) groups excluding carboxylic acids is 1. The first kappa shape index (κ1) is 14.7. The van der Waals surface area contributed by atoms with E-state index in [0.29, 0.717) is 24.7 Å². The van der Waals surface area contributed by atoms with E-state index in [2.05, 4.69) is 37.9 Å². The summed E-state index contributed by atoms with van der Waals surface area (Å²) < 4.78 is 2.07. The molecule has 1 aromatic carbocycles. The number of hydrogen-bond acceptors (Lipinski definition) is 3. The van der Waals surface area contributed by atoms with Gasteiger partial charge in [-0.05, 0) is 43.2 Å². The molecular formula is C19H21N5O. The van der Waals surface area contributed by atoms with E-state index in [1.165, 1.54) is 5.39 Å². The molecule has 4 heterocycles. The normalized spacial score (nSPS) is 25.6. The summed E-state index contributed by atoms with van der Waals surface area (Å²) in [5, 5.41) is 9.78. The molecule has 2 saturated heterocycles. The summed E-state index contributed by atoms with van der Waals surface area (Å²) in [7, 11) is 0. The highest BCUT2D eigenvalue weighted by molar-refractivity contribution is 5.83. The molecule has 0 aliphatic carbocycles. The molecule has 2 aromatic heterocycles. The van der Waals surface area contributed by atoms with Crippen molar-refractivity contribution in [3.63, 3.8) is 0 Å². The first-order valence-corrected chi connectivity index (χ1v) is 9.00. The maximum Gasteiger partial charge on any atom is 0.243 e. The molecule has 2 fully saturated rings. The van der Waals surface area contributed by atoms with Crippen molar-refractivity contribution in [2.24, 2.45) is 0 Å². The quantitative estimate of drug-likeness (QED) is 0.739. The Morgan fingerprint density at radius 1 is 1.00 bits per heavy atom. The van der Waals surface area contributed by atoms with E-state index < -0.39 is 0 Å². The SMILES string of the molecule is O=C(Cn1ccc2ccccc21)N1C2CCC1CC(n1nccn1)C2. The number of piperidine rings is 1. The van der Waals surface area contributed by atoms with Crippen molar-refractivity contribution in [3.05, 3.63) is 48.9 Å². The molecule has 2 aliphatic rings. The smallest absolute Gasteiger partial charge is 0.243 e. The maximum atomic E-state index is 13.0. The second-order valence-electron chi connectivity index (χ2n) is 7.16. The van der Waals surface area contributed by atoms with Crippen LogP contribution in [0.2, 0.25) is 0 Å². The van der Waals surface area contributed by atoms with Crippen LogP contribution >= 0.6 is 0 Å². The Kier molecular flexibility index (Phi) is 3.36. The van der Waals surface area contributed by atoms with Gasteiger partial charge in [-0.25, -0.2) is 0 Å². The molecular weight excluding hydrogens is 314 g/mol. The monoisotopic (exact) mass is 335 g/mol. The number of benzene rings is 1. The predicted molar refractivity (Wildman–Crippen MR) is 93.9 cm³/mol. The number of nitrogens with zero attached hydrogens (tertiary/aromatic N) is 5. The third-order valence-electron chi connectivity index (χ3n) is 5.75. The average molecular weight is 335 g/mol. The zero-order valence-corrected chi connectivity index (χ0v) is 14.0. The van der Waals surface area contributed by atoms with Gasteiger partial charge in [0.25, 0.3) is 0 Å². The van der Waals surface area contributed by atoms with Gasteiger partial charge < -0.3 is 9.47 Å². The van der Waals surface area contributed by atoms with Gasteiger partial charge in [-0.3, -0.25) is 4.79 Å². The largest absolute Gasteiger partial charge is 0.338 e. The predicted octanol–water partition coefficient (Wildman–Crippen LogP) is 2.63. The first-order valence-electron chi connectivity index (χ1n) is 9.00. The Balaban J connectivity index is 1.35. The van der Waals surface area contributed by atoms with Gasteiger partial charge in [0.15, 0.2) is 0 Å². The summed E-state index contributed by atoms with van der Waals surface area (Å²) in [5.74, 6) is 0.237. The highest BCUT2D eigenvalue weighted by atomic mass is 16.2. The van der Waals surface area contributed by atoms with Gasteiger partial charge >= 0.3 is 0 Å². The molecule has 0 spiro atoms. The van der Waals surface area contributed by atoms with Crippen LogP contribution in [0.15, 0.2) is 48.9 Å². The van der Waals surface area contributed by atoms with E-state index in [-0.39, 0.29) is 5.91 Å². The minimum absolute atomic E-state index is 0.237. The number of rotatable bonds is 3. The lowest BCUT2D eigenvalue weighted by Gasteiger charge is -2.38. The van der Waals surface area contributed by atoms with Gasteiger partial charge in [-0.1, -0.05) is 18.2 Å². The molecule has 25 heavy (non-hydrogen) atoms. The Hall–Kier alpha value is -2.63. The van der Waals surface area contributed by atoms with Crippen LogP contribution in [-0.4, -0.2) is 42.5 Å². The molecule has 2 unspecified atom stereocenters. The Labute approximate surface area is 146 Å². The minimum atomic E-state index is 0.237. The third kappa shape index (κ3) is 2.44. The van der Waals surface area contributed by atoms with Crippen LogP contribution in [0.3, 0.4) is 0 Å². The van der Waals surface area contributed by atoms with Crippen molar-refractivity contribution in [2.45, 2.75) is 50.4 Å². The van der Waals surface area contributed by atoms with E-state index in [1.54, 1.807) is 12.4 Å². The molecule has 6 heteroatoms. The molecule has 2 bridgehead atoms. The molecule has 0 saturated carbocycles. The summed E-state index contributed by atoms with van der Waals surface area (Å²) >= 11 is 0. The lowest BCUT2D eigenvalue weighted by molar-refractivity contribution is -0.136. The van der Waals surface area contributed by atoms with Crippen molar-refractivity contribution >= 4 is 16.8 Å². The standard InChI is InChI=1S/C19H21N5O/c25-19(13-22-10-7-14-3-1-2-4-18(14)22)23-15-5-6-16(23)12-17(11-15)24-20-8-9-21-24/h1-4,7-10,15-17H,5-6,11-13H2. The Morgan fingerprint density at radius 3 is 2.48 bits per heavy atom. The highest BCUT2D eigenvalue weighted by Crippen LogP contribution is 2.40. The van der Waals surface area contributed by atoms with E-state index in [0.717, 1.165) is 31.2 Å². The summed E-state index contributed by atoms with van der Waals surface area (Å²) in [6.45, 7) is 0.422. The first-order chi connectivity index (χ1) is 12.3. The van der Waals surface area contributed by atoms with Crippen molar-refractivity contribution < 1.29 is 4.79 Å². The van der Waals surface area contributed by atoms with Crippen LogP contribution in [0, 0.1) is 0 Å². The molecule has 128 valence electrons. The van der Waals surface area contributed by atoms with E-state index in [9.17, 15) is 4.79 Å². The molecule has 0 radical (unpaired) electrons. The molecule has 2 aliphatic heterocycles. The van der Waals surface area contributed by atoms with Crippen molar-refractivity contribution in [3.8, 4) is 0 Å².